The zero-order chi connectivity index (χ0) is 34.0. The first-order chi connectivity index (χ1) is 23.4. The molecular weight excluding hydrogens is 635 g/mol. The molecule has 11 heteroatoms. The average molecular weight is 685 g/mol. The summed E-state index contributed by atoms with van der Waals surface area (Å²) >= 11 is 0. The molecule has 0 radical (unpaired) electrons. The molecule has 5 atom stereocenters. The predicted molar refractivity (Wildman–Crippen MR) is 181 cm³/mol. The number of benzene rings is 3. The summed E-state index contributed by atoms with van der Waals surface area (Å²) < 4.78 is 63.1. The van der Waals surface area contributed by atoms with Crippen molar-refractivity contribution in [3.8, 4) is 0 Å². The number of rotatable bonds is 21. The van der Waals surface area contributed by atoms with Gasteiger partial charge in [0.1, 0.15) is 18.3 Å². The lowest BCUT2D eigenvalue weighted by atomic mass is 9.98. The fourth-order valence-electron chi connectivity index (χ4n) is 5.07. The SMILES string of the molecule is CCCCOP(=O)(OCCCC)O[C@@H]1O[C@H](COCc2ccccc2)[C@H](OCc2ccccc2)[C@H](OCc2ccccc2)[C@H]1OC(C)=O. The van der Waals surface area contributed by atoms with Crippen LogP contribution in [0.15, 0.2) is 91.0 Å². The molecule has 4 rings (SSSR count). The summed E-state index contributed by atoms with van der Waals surface area (Å²) in [6, 6.07) is 29.1. The van der Waals surface area contributed by atoms with Gasteiger partial charge in [-0.3, -0.25) is 18.4 Å². The van der Waals surface area contributed by atoms with Crippen LogP contribution in [0, 0.1) is 0 Å². The van der Waals surface area contributed by atoms with Gasteiger partial charge in [-0.05, 0) is 29.5 Å². The summed E-state index contributed by atoms with van der Waals surface area (Å²) in [4.78, 5) is 12.6. The van der Waals surface area contributed by atoms with Crippen LogP contribution in [0.2, 0.25) is 0 Å². The third kappa shape index (κ3) is 12.5. The van der Waals surface area contributed by atoms with E-state index in [9.17, 15) is 9.36 Å². The van der Waals surface area contributed by atoms with E-state index in [2.05, 4.69) is 0 Å². The Balaban J connectivity index is 1.67. The summed E-state index contributed by atoms with van der Waals surface area (Å²) in [5.41, 5.74) is 2.82. The second kappa shape index (κ2) is 20.6. The molecule has 0 unspecified atom stereocenters. The first kappa shape index (κ1) is 37.9. The molecule has 0 aliphatic carbocycles. The van der Waals surface area contributed by atoms with Crippen molar-refractivity contribution >= 4 is 13.8 Å². The van der Waals surface area contributed by atoms with Gasteiger partial charge in [-0.25, -0.2) is 4.57 Å². The van der Waals surface area contributed by atoms with E-state index in [-0.39, 0.29) is 33.0 Å². The Bertz CT molecular complexity index is 1350. The smallest absolute Gasteiger partial charge is 0.454 e. The molecule has 0 saturated carbocycles. The van der Waals surface area contributed by atoms with Crippen molar-refractivity contribution < 1.29 is 46.6 Å². The van der Waals surface area contributed by atoms with Gasteiger partial charge >= 0.3 is 13.8 Å². The van der Waals surface area contributed by atoms with Crippen molar-refractivity contribution in [2.75, 3.05) is 19.8 Å². The van der Waals surface area contributed by atoms with Gasteiger partial charge in [0.15, 0.2) is 6.10 Å². The standard InChI is InChI=1S/C37H49O10P/c1-4-6-23-43-48(39,44-24-7-5-2)47-37-36(45-29(3)38)35(42-27-32-21-15-10-16-22-32)34(41-26-31-19-13-9-14-20-31)33(46-37)28-40-25-30-17-11-8-12-18-30/h8-22,33-37H,4-7,23-28H2,1-3H3/t33-,34+,35+,36-,37+/m1/s1. The first-order valence-electron chi connectivity index (χ1n) is 16.7. The Kier molecular flexibility index (Phi) is 16.2. The minimum absolute atomic E-state index is 0.0733. The second-order valence-electron chi connectivity index (χ2n) is 11.6. The number of ether oxygens (including phenoxy) is 5. The Morgan fingerprint density at radius 3 is 1.65 bits per heavy atom. The molecule has 0 spiro atoms. The molecule has 0 bridgehead atoms. The van der Waals surface area contributed by atoms with Gasteiger partial charge in [0.05, 0.1) is 39.6 Å². The molecule has 10 nitrogen and oxygen atoms in total. The molecule has 3 aromatic rings. The zero-order valence-corrected chi connectivity index (χ0v) is 29.0. The van der Waals surface area contributed by atoms with Crippen molar-refractivity contribution in [2.45, 2.75) is 97.0 Å². The number of unbranched alkanes of at least 4 members (excludes halogenated alkanes) is 2. The van der Waals surface area contributed by atoms with E-state index in [0.29, 0.717) is 19.4 Å². The van der Waals surface area contributed by atoms with E-state index < -0.39 is 44.5 Å². The molecule has 48 heavy (non-hydrogen) atoms. The summed E-state index contributed by atoms with van der Waals surface area (Å²) in [5, 5.41) is 0. The van der Waals surface area contributed by atoms with Gasteiger partial charge in [0.25, 0.3) is 0 Å². The normalized spacial score (nSPS) is 21.2. The van der Waals surface area contributed by atoms with Crippen LogP contribution in [0.25, 0.3) is 0 Å². The predicted octanol–water partition coefficient (Wildman–Crippen LogP) is 7.79. The highest BCUT2D eigenvalue weighted by molar-refractivity contribution is 7.48. The van der Waals surface area contributed by atoms with Crippen molar-refractivity contribution in [1.29, 1.82) is 0 Å². The second-order valence-corrected chi connectivity index (χ2v) is 13.2. The maximum absolute atomic E-state index is 14.1. The number of hydrogen-bond acceptors (Lipinski definition) is 10. The van der Waals surface area contributed by atoms with Crippen molar-refractivity contribution in [1.82, 2.24) is 0 Å². The van der Waals surface area contributed by atoms with E-state index >= 15 is 0 Å². The summed E-state index contributed by atoms with van der Waals surface area (Å²) in [7, 11) is -4.17. The van der Waals surface area contributed by atoms with Crippen LogP contribution < -0.4 is 0 Å². The number of phosphoric ester groups is 1. The monoisotopic (exact) mass is 684 g/mol. The third-order valence-electron chi connectivity index (χ3n) is 7.59. The average Bonchev–Trinajstić information content (AvgIpc) is 3.09. The van der Waals surface area contributed by atoms with Crippen LogP contribution in [0.3, 0.4) is 0 Å². The fourth-order valence-corrected chi connectivity index (χ4v) is 6.40. The molecule has 1 saturated heterocycles. The maximum atomic E-state index is 14.1. The van der Waals surface area contributed by atoms with Crippen LogP contribution in [-0.2, 0) is 66.4 Å². The minimum Gasteiger partial charge on any atom is -0.454 e. The van der Waals surface area contributed by atoms with Gasteiger partial charge < -0.3 is 23.7 Å². The van der Waals surface area contributed by atoms with Crippen molar-refractivity contribution in [3.05, 3.63) is 108 Å². The molecule has 1 heterocycles. The van der Waals surface area contributed by atoms with Crippen LogP contribution >= 0.6 is 7.82 Å². The van der Waals surface area contributed by atoms with Gasteiger partial charge in [-0.15, -0.1) is 0 Å². The number of esters is 1. The zero-order valence-electron chi connectivity index (χ0n) is 28.1. The van der Waals surface area contributed by atoms with Crippen LogP contribution in [0.4, 0.5) is 0 Å². The third-order valence-corrected chi connectivity index (χ3v) is 9.05. The fraction of sp³-hybridized carbons (Fsp3) is 0.486. The van der Waals surface area contributed by atoms with Gasteiger partial charge in [0, 0.05) is 6.92 Å². The Morgan fingerprint density at radius 1 is 0.688 bits per heavy atom. The molecular formula is C37H49O10P. The van der Waals surface area contributed by atoms with Crippen LogP contribution in [0.5, 0.6) is 0 Å². The summed E-state index contributed by atoms with van der Waals surface area (Å²) in [6.07, 6.45) is -2.11. The van der Waals surface area contributed by atoms with Crippen LogP contribution in [-0.4, -0.2) is 56.5 Å². The van der Waals surface area contributed by atoms with E-state index in [1.807, 2.05) is 105 Å². The van der Waals surface area contributed by atoms with Gasteiger partial charge in [-0.1, -0.05) is 118 Å². The Morgan fingerprint density at radius 2 is 1.17 bits per heavy atom. The quantitative estimate of drug-likeness (QED) is 0.0627. The van der Waals surface area contributed by atoms with E-state index in [1.54, 1.807) is 0 Å². The van der Waals surface area contributed by atoms with Crippen molar-refractivity contribution in [2.24, 2.45) is 0 Å². The molecule has 1 aliphatic heterocycles. The van der Waals surface area contributed by atoms with E-state index in [0.717, 1.165) is 29.5 Å². The van der Waals surface area contributed by atoms with Gasteiger partial charge in [-0.2, -0.15) is 0 Å². The number of carbonyl (C=O) groups is 1. The van der Waals surface area contributed by atoms with Gasteiger partial charge in [0.2, 0.25) is 6.29 Å². The Labute approximate surface area is 284 Å². The minimum atomic E-state index is -4.17. The molecule has 3 aromatic carbocycles. The van der Waals surface area contributed by atoms with E-state index in [1.165, 1.54) is 6.92 Å². The number of carbonyl (C=O) groups excluding carboxylic acids is 1. The molecule has 1 aliphatic rings. The molecule has 0 amide bonds. The highest BCUT2D eigenvalue weighted by Gasteiger charge is 2.52. The number of hydrogen-bond donors (Lipinski definition) is 0. The number of phosphoric acid groups is 1. The Hall–Kier alpha value is -2.92. The maximum Gasteiger partial charge on any atom is 0.477 e. The van der Waals surface area contributed by atoms with Crippen LogP contribution in [0.1, 0.15) is 63.1 Å². The highest BCUT2D eigenvalue weighted by atomic mass is 31.2. The first-order valence-corrected chi connectivity index (χ1v) is 18.2. The highest BCUT2D eigenvalue weighted by Crippen LogP contribution is 2.52. The molecule has 1 fully saturated rings. The summed E-state index contributed by atoms with van der Waals surface area (Å²) in [6.45, 7) is 6.40. The lowest BCUT2D eigenvalue weighted by molar-refractivity contribution is -0.305. The topological polar surface area (TPSA) is 108 Å². The lowest BCUT2D eigenvalue weighted by Gasteiger charge is -2.45. The summed E-state index contributed by atoms with van der Waals surface area (Å²) in [5.74, 6) is -0.597. The molecule has 0 N–H and O–H groups in total. The van der Waals surface area contributed by atoms with Crippen molar-refractivity contribution in [3.63, 3.8) is 0 Å². The largest absolute Gasteiger partial charge is 0.477 e. The molecule has 0 aromatic heterocycles. The lowest BCUT2D eigenvalue weighted by Crippen LogP contribution is -2.62. The van der Waals surface area contributed by atoms with E-state index in [4.69, 9.17) is 37.3 Å². The molecule has 262 valence electrons.